The van der Waals surface area contributed by atoms with Crippen LogP contribution in [0.3, 0.4) is 0 Å². The van der Waals surface area contributed by atoms with Crippen LogP contribution < -0.4 is 4.74 Å². The summed E-state index contributed by atoms with van der Waals surface area (Å²) < 4.78 is 12.3. The molecule has 0 saturated heterocycles. The molecule has 1 aromatic carbocycles. The van der Waals surface area contributed by atoms with Crippen molar-refractivity contribution in [2.45, 2.75) is 25.5 Å². The SMILES string of the molecule is O=C(O)N1CCc2noc([C@H]3Cc4cc(Cl)cc(Br)c4O3)c2C1. The van der Waals surface area contributed by atoms with Crippen molar-refractivity contribution in [2.75, 3.05) is 6.54 Å². The quantitative estimate of drug-likeness (QED) is 0.789. The number of hydrogen-bond donors (Lipinski definition) is 1. The molecule has 120 valence electrons. The molecule has 0 unspecified atom stereocenters. The Hall–Kier alpha value is -1.73. The lowest BCUT2D eigenvalue weighted by Gasteiger charge is -2.23. The molecule has 8 heteroatoms. The van der Waals surface area contributed by atoms with Gasteiger partial charge in [0.25, 0.3) is 0 Å². The molecule has 4 rings (SSSR count). The van der Waals surface area contributed by atoms with E-state index >= 15 is 0 Å². The number of rotatable bonds is 1. The summed E-state index contributed by atoms with van der Waals surface area (Å²) in [6.45, 7) is 0.711. The van der Waals surface area contributed by atoms with Crippen LogP contribution in [-0.4, -0.2) is 27.8 Å². The monoisotopic (exact) mass is 398 g/mol. The highest BCUT2D eigenvalue weighted by molar-refractivity contribution is 9.10. The smallest absolute Gasteiger partial charge is 0.407 e. The van der Waals surface area contributed by atoms with Gasteiger partial charge in [0.15, 0.2) is 11.9 Å². The fraction of sp³-hybridized carbons (Fsp3) is 0.333. The second-order valence-corrected chi connectivity index (χ2v) is 6.90. The van der Waals surface area contributed by atoms with Crippen molar-refractivity contribution in [1.82, 2.24) is 10.1 Å². The zero-order valence-corrected chi connectivity index (χ0v) is 14.2. The van der Waals surface area contributed by atoms with E-state index in [-0.39, 0.29) is 12.6 Å². The third kappa shape index (κ3) is 2.48. The molecule has 2 aliphatic heterocycles. The van der Waals surface area contributed by atoms with Crippen LogP contribution in [0.2, 0.25) is 5.02 Å². The molecule has 6 nitrogen and oxygen atoms in total. The second kappa shape index (κ2) is 5.42. The van der Waals surface area contributed by atoms with E-state index in [9.17, 15) is 9.90 Å². The van der Waals surface area contributed by atoms with Gasteiger partial charge < -0.3 is 19.3 Å². The predicted octanol–water partition coefficient (Wildman–Crippen LogP) is 3.80. The molecule has 2 aliphatic rings. The second-order valence-electron chi connectivity index (χ2n) is 5.61. The minimum absolute atomic E-state index is 0.279. The molecule has 0 bridgehead atoms. The lowest BCUT2D eigenvalue weighted by atomic mass is 10.0. The number of aromatic nitrogens is 1. The third-order valence-corrected chi connectivity index (χ3v) is 4.99. The van der Waals surface area contributed by atoms with Crippen molar-refractivity contribution in [3.63, 3.8) is 0 Å². The van der Waals surface area contributed by atoms with Crippen LogP contribution in [0, 0.1) is 0 Å². The summed E-state index contributed by atoms with van der Waals surface area (Å²) in [6, 6.07) is 3.65. The number of nitrogens with zero attached hydrogens (tertiary/aromatic N) is 2. The van der Waals surface area contributed by atoms with Crippen LogP contribution in [0.15, 0.2) is 21.1 Å². The minimum Gasteiger partial charge on any atom is -0.481 e. The normalized spacial score (nSPS) is 19.2. The molecule has 0 spiro atoms. The Morgan fingerprint density at radius 2 is 2.30 bits per heavy atom. The minimum atomic E-state index is -0.937. The molecule has 23 heavy (non-hydrogen) atoms. The van der Waals surface area contributed by atoms with Crippen LogP contribution in [0.4, 0.5) is 4.79 Å². The van der Waals surface area contributed by atoms with E-state index in [0.29, 0.717) is 30.2 Å². The first-order valence-electron chi connectivity index (χ1n) is 7.12. The standard InChI is InChI=1S/C15H12BrClN2O4/c16-10-5-8(17)3-7-4-12(22-13(7)10)14-9-6-19(15(20)21)2-1-11(9)18-23-14/h3,5,12H,1-2,4,6H2,(H,20,21)/t12-/m1/s1. The lowest BCUT2D eigenvalue weighted by Crippen LogP contribution is -2.35. The maximum atomic E-state index is 11.2. The summed E-state index contributed by atoms with van der Waals surface area (Å²) >= 11 is 9.53. The zero-order chi connectivity index (χ0) is 16.1. The molecule has 0 radical (unpaired) electrons. The van der Waals surface area contributed by atoms with E-state index in [1.54, 1.807) is 6.07 Å². The van der Waals surface area contributed by atoms with Crippen molar-refractivity contribution < 1.29 is 19.2 Å². The number of benzene rings is 1. The van der Waals surface area contributed by atoms with Gasteiger partial charge in [0.1, 0.15) is 5.75 Å². The molecule has 1 amide bonds. The van der Waals surface area contributed by atoms with Gasteiger partial charge >= 0.3 is 6.09 Å². The van der Waals surface area contributed by atoms with Gasteiger partial charge in [-0.2, -0.15) is 0 Å². The van der Waals surface area contributed by atoms with Crippen molar-refractivity contribution in [2.24, 2.45) is 0 Å². The van der Waals surface area contributed by atoms with E-state index < -0.39 is 6.09 Å². The lowest BCUT2D eigenvalue weighted by molar-refractivity contribution is 0.138. The third-order valence-electron chi connectivity index (χ3n) is 4.18. The summed E-state index contributed by atoms with van der Waals surface area (Å²) in [4.78, 5) is 12.6. The topological polar surface area (TPSA) is 75.8 Å². The van der Waals surface area contributed by atoms with Gasteiger partial charge in [-0.3, -0.25) is 0 Å². The van der Waals surface area contributed by atoms with E-state index in [4.69, 9.17) is 20.9 Å². The summed E-state index contributed by atoms with van der Waals surface area (Å²) in [6.07, 6.45) is -0.0820. The van der Waals surface area contributed by atoms with Gasteiger partial charge in [-0.1, -0.05) is 16.8 Å². The summed E-state index contributed by atoms with van der Waals surface area (Å²) in [5, 5.41) is 13.9. The van der Waals surface area contributed by atoms with Gasteiger partial charge in [0, 0.05) is 35.5 Å². The molecule has 0 saturated carbocycles. The Morgan fingerprint density at radius 1 is 1.48 bits per heavy atom. The highest BCUT2D eigenvalue weighted by atomic mass is 79.9. The van der Waals surface area contributed by atoms with Gasteiger partial charge in [0.2, 0.25) is 0 Å². The van der Waals surface area contributed by atoms with Crippen molar-refractivity contribution >= 4 is 33.6 Å². The summed E-state index contributed by atoms with van der Waals surface area (Å²) in [7, 11) is 0. The summed E-state index contributed by atoms with van der Waals surface area (Å²) in [5.74, 6) is 1.35. The van der Waals surface area contributed by atoms with Gasteiger partial charge in [-0.05, 0) is 28.1 Å². The van der Waals surface area contributed by atoms with Crippen LogP contribution in [0.1, 0.15) is 28.7 Å². The van der Waals surface area contributed by atoms with Gasteiger partial charge in [-0.25, -0.2) is 4.79 Å². The summed E-state index contributed by atoms with van der Waals surface area (Å²) in [5.41, 5.74) is 2.62. The van der Waals surface area contributed by atoms with E-state index in [1.807, 2.05) is 6.07 Å². The van der Waals surface area contributed by atoms with Crippen LogP contribution in [0.25, 0.3) is 0 Å². The fourth-order valence-electron chi connectivity index (χ4n) is 3.08. The Labute approximate surface area is 145 Å². The Balaban J connectivity index is 1.66. The van der Waals surface area contributed by atoms with E-state index in [1.165, 1.54) is 4.90 Å². The largest absolute Gasteiger partial charge is 0.481 e. The van der Waals surface area contributed by atoms with Crippen LogP contribution in [0.5, 0.6) is 5.75 Å². The molecular weight excluding hydrogens is 388 g/mol. The first kappa shape index (κ1) is 14.8. The van der Waals surface area contributed by atoms with E-state index in [2.05, 4.69) is 21.1 Å². The predicted molar refractivity (Wildman–Crippen MR) is 84.9 cm³/mol. The number of amides is 1. The molecule has 1 aromatic heterocycles. The number of fused-ring (bicyclic) bond motifs is 2. The Morgan fingerprint density at radius 3 is 3.09 bits per heavy atom. The molecule has 0 aliphatic carbocycles. The molecule has 3 heterocycles. The number of carbonyl (C=O) groups is 1. The number of carboxylic acid groups (broad SMARTS) is 1. The van der Waals surface area contributed by atoms with Crippen LogP contribution >= 0.6 is 27.5 Å². The average molecular weight is 400 g/mol. The first-order chi connectivity index (χ1) is 11.0. The average Bonchev–Trinajstić information content (AvgIpc) is 3.09. The fourth-order valence-corrected chi connectivity index (χ4v) is 4.04. The maximum absolute atomic E-state index is 11.2. The zero-order valence-electron chi connectivity index (χ0n) is 11.9. The number of hydrogen-bond acceptors (Lipinski definition) is 4. The van der Waals surface area contributed by atoms with Crippen molar-refractivity contribution in [3.05, 3.63) is 44.2 Å². The molecule has 1 atom stereocenters. The first-order valence-corrected chi connectivity index (χ1v) is 8.30. The van der Waals surface area contributed by atoms with Gasteiger partial charge in [0.05, 0.1) is 16.7 Å². The van der Waals surface area contributed by atoms with E-state index in [0.717, 1.165) is 27.0 Å². The van der Waals surface area contributed by atoms with Crippen LogP contribution in [-0.2, 0) is 19.4 Å². The highest BCUT2D eigenvalue weighted by Gasteiger charge is 2.35. The highest BCUT2D eigenvalue weighted by Crippen LogP contribution is 2.44. The number of ether oxygens (including phenoxy) is 1. The number of halogens is 2. The van der Waals surface area contributed by atoms with Crippen molar-refractivity contribution in [3.8, 4) is 5.75 Å². The molecule has 1 N–H and O–H groups in total. The van der Waals surface area contributed by atoms with Gasteiger partial charge in [-0.15, -0.1) is 0 Å². The molecular formula is C15H12BrClN2O4. The molecule has 2 aromatic rings. The van der Waals surface area contributed by atoms with Crippen molar-refractivity contribution in [1.29, 1.82) is 0 Å². The maximum Gasteiger partial charge on any atom is 0.407 e. The Kier molecular flexibility index (Phi) is 3.50. The Bertz CT molecular complexity index is 807. The molecule has 0 fully saturated rings.